The second-order valence-corrected chi connectivity index (χ2v) is 6.87. The molecule has 1 heterocycles. The number of aliphatic hydroxyl groups excluding tert-OH is 1. The number of hydrogen-bond donors (Lipinski definition) is 2. The van der Waals surface area contributed by atoms with E-state index in [0.717, 1.165) is 30.9 Å². The van der Waals surface area contributed by atoms with Gasteiger partial charge in [-0.1, -0.05) is 45.0 Å². The van der Waals surface area contributed by atoms with Crippen molar-refractivity contribution in [1.82, 2.24) is 5.32 Å². The van der Waals surface area contributed by atoms with Gasteiger partial charge in [0, 0.05) is 6.04 Å². The molecule has 3 atom stereocenters. The van der Waals surface area contributed by atoms with Gasteiger partial charge < -0.3 is 10.4 Å². The monoisotopic (exact) mass is 275 g/mol. The summed E-state index contributed by atoms with van der Waals surface area (Å²) in [7, 11) is 0. The smallest absolute Gasteiger partial charge is 0.0804 e. The van der Waals surface area contributed by atoms with Crippen molar-refractivity contribution in [3.05, 3.63) is 35.4 Å². The first-order chi connectivity index (χ1) is 9.54. The highest BCUT2D eigenvalue weighted by Gasteiger charge is 2.21. The van der Waals surface area contributed by atoms with Crippen molar-refractivity contribution in [3.63, 3.8) is 0 Å². The SMILES string of the molecule is CC(C)Cc1ccc(C(O)CC2CC(C)CCN2)cc1. The highest BCUT2D eigenvalue weighted by molar-refractivity contribution is 5.24. The Morgan fingerprint density at radius 1 is 1.25 bits per heavy atom. The van der Waals surface area contributed by atoms with Gasteiger partial charge in [0.1, 0.15) is 0 Å². The zero-order valence-corrected chi connectivity index (χ0v) is 13.1. The molecule has 1 aromatic carbocycles. The van der Waals surface area contributed by atoms with Crippen LogP contribution in [-0.4, -0.2) is 17.7 Å². The fourth-order valence-electron chi connectivity index (χ4n) is 3.15. The van der Waals surface area contributed by atoms with Crippen LogP contribution in [0.15, 0.2) is 24.3 Å². The molecule has 2 nitrogen and oxygen atoms in total. The average molecular weight is 275 g/mol. The van der Waals surface area contributed by atoms with Gasteiger partial charge in [0.05, 0.1) is 6.10 Å². The van der Waals surface area contributed by atoms with Crippen molar-refractivity contribution < 1.29 is 5.11 Å². The van der Waals surface area contributed by atoms with Crippen molar-refractivity contribution in [3.8, 4) is 0 Å². The van der Waals surface area contributed by atoms with Crippen molar-refractivity contribution in [2.75, 3.05) is 6.54 Å². The lowest BCUT2D eigenvalue weighted by Crippen LogP contribution is -2.38. The Balaban J connectivity index is 1.90. The lowest BCUT2D eigenvalue weighted by molar-refractivity contribution is 0.138. The molecule has 2 rings (SSSR count). The summed E-state index contributed by atoms with van der Waals surface area (Å²) in [5.41, 5.74) is 2.41. The number of hydrogen-bond acceptors (Lipinski definition) is 2. The van der Waals surface area contributed by atoms with Crippen LogP contribution in [-0.2, 0) is 6.42 Å². The third-order valence-corrected chi connectivity index (χ3v) is 4.27. The van der Waals surface area contributed by atoms with Gasteiger partial charge in [0.15, 0.2) is 0 Å². The minimum absolute atomic E-state index is 0.342. The maximum absolute atomic E-state index is 10.4. The third kappa shape index (κ3) is 4.60. The summed E-state index contributed by atoms with van der Waals surface area (Å²) in [4.78, 5) is 0. The van der Waals surface area contributed by atoms with Gasteiger partial charge in [-0.25, -0.2) is 0 Å². The summed E-state index contributed by atoms with van der Waals surface area (Å²) in [5.74, 6) is 1.46. The van der Waals surface area contributed by atoms with Crippen molar-refractivity contribution in [1.29, 1.82) is 0 Å². The number of aliphatic hydroxyl groups is 1. The van der Waals surface area contributed by atoms with Gasteiger partial charge in [-0.2, -0.15) is 0 Å². The summed E-state index contributed by atoms with van der Waals surface area (Å²) in [6.07, 6.45) is 4.04. The van der Waals surface area contributed by atoms with Gasteiger partial charge in [-0.3, -0.25) is 0 Å². The lowest BCUT2D eigenvalue weighted by Gasteiger charge is -2.29. The van der Waals surface area contributed by atoms with E-state index < -0.39 is 0 Å². The van der Waals surface area contributed by atoms with Crippen LogP contribution >= 0.6 is 0 Å². The highest BCUT2D eigenvalue weighted by Crippen LogP contribution is 2.25. The molecule has 2 N–H and O–H groups in total. The molecule has 0 aromatic heterocycles. The molecule has 0 radical (unpaired) electrons. The number of nitrogens with one attached hydrogen (secondary N) is 1. The molecule has 2 heteroatoms. The molecule has 0 spiro atoms. The van der Waals surface area contributed by atoms with Gasteiger partial charge in [0.2, 0.25) is 0 Å². The maximum atomic E-state index is 10.4. The van der Waals surface area contributed by atoms with Crippen LogP contribution in [0, 0.1) is 11.8 Å². The second-order valence-electron chi connectivity index (χ2n) is 6.87. The van der Waals surface area contributed by atoms with Crippen molar-refractivity contribution >= 4 is 0 Å². The van der Waals surface area contributed by atoms with Crippen molar-refractivity contribution in [2.45, 2.75) is 58.6 Å². The first kappa shape index (κ1) is 15.5. The van der Waals surface area contributed by atoms with E-state index in [9.17, 15) is 5.11 Å². The molecule has 0 amide bonds. The van der Waals surface area contributed by atoms with Gasteiger partial charge in [0.25, 0.3) is 0 Å². The van der Waals surface area contributed by atoms with Gasteiger partial charge in [-0.15, -0.1) is 0 Å². The fourth-order valence-corrected chi connectivity index (χ4v) is 3.15. The molecule has 0 aliphatic carbocycles. The maximum Gasteiger partial charge on any atom is 0.0804 e. The standard InChI is InChI=1S/C18H29NO/c1-13(2)10-15-4-6-16(7-5-15)18(20)12-17-11-14(3)8-9-19-17/h4-7,13-14,17-20H,8-12H2,1-3H3. The van der Waals surface area contributed by atoms with Gasteiger partial charge >= 0.3 is 0 Å². The van der Waals surface area contributed by atoms with E-state index >= 15 is 0 Å². The van der Waals surface area contributed by atoms with Crippen LogP contribution in [0.5, 0.6) is 0 Å². The second kappa shape index (κ2) is 7.24. The van der Waals surface area contributed by atoms with Crippen molar-refractivity contribution in [2.24, 2.45) is 11.8 Å². The molecule has 0 saturated carbocycles. The first-order valence-corrected chi connectivity index (χ1v) is 8.05. The quantitative estimate of drug-likeness (QED) is 0.859. The molecular formula is C18H29NO. The number of rotatable bonds is 5. The number of piperidine rings is 1. The molecule has 1 fully saturated rings. The third-order valence-electron chi connectivity index (χ3n) is 4.27. The molecule has 3 unspecified atom stereocenters. The number of benzene rings is 1. The Bertz CT molecular complexity index is 398. The Labute approximate surface area is 123 Å². The molecule has 20 heavy (non-hydrogen) atoms. The van der Waals surface area contributed by atoms with Crippen LogP contribution < -0.4 is 5.32 Å². The van der Waals surface area contributed by atoms with E-state index in [4.69, 9.17) is 0 Å². The van der Waals surface area contributed by atoms with Crippen LogP contribution in [0.4, 0.5) is 0 Å². The fraction of sp³-hybridized carbons (Fsp3) is 0.667. The summed E-state index contributed by atoms with van der Waals surface area (Å²) in [6, 6.07) is 8.97. The topological polar surface area (TPSA) is 32.3 Å². The van der Waals surface area contributed by atoms with E-state index in [1.165, 1.54) is 18.4 Å². The minimum Gasteiger partial charge on any atom is -0.388 e. The van der Waals surface area contributed by atoms with Crippen LogP contribution in [0.2, 0.25) is 0 Å². The first-order valence-electron chi connectivity index (χ1n) is 8.05. The lowest BCUT2D eigenvalue weighted by atomic mass is 9.89. The molecule has 112 valence electrons. The van der Waals surface area contributed by atoms with Crippen LogP contribution in [0.1, 0.15) is 57.3 Å². The van der Waals surface area contributed by atoms with Crippen LogP contribution in [0.25, 0.3) is 0 Å². The Kier molecular flexibility index (Phi) is 5.62. The highest BCUT2D eigenvalue weighted by atomic mass is 16.3. The molecule has 1 aliphatic rings. The zero-order valence-electron chi connectivity index (χ0n) is 13.1. The van der Waals surface area contributed by atoms with Crippen LogP contribution in [0.3, 0.4) is 0 Å². The van der Waals surface area contributed by atoms with E-state index in [1.54, 1.807) is 0 Å². The van der Waals surface area contributed by atoms with E-state index in [2.05, 4.69) is 50.4 Å². The predicted molar refractivity (Wildman–Crippen MR) is 84.7 cm³/mol. The molecule has 1 aliphatic heterocycles. The average Bonchev–Trinajstić information content (AvgIpc) is 2.38. The van der Waals surface area contributed by atoms with Gasteiger partial charge in [-0.05, 0) is 55.2 Å². The minimum atomic E-state index is -0.342. The zero-order chi connectivity index (χ0) is 14.5. The molecule has 0 bridgehead atoms. The van der Waals surface area contributed by atoms with E-state index in [-0.39, 0.29) is 6.10 Å². The Hall–Kier alpha value is -0.860. The molecule has 1 saturated heterocycles. The molecular weight excluding hydrogens is 246 g/mol. The Morgan fingerprint density at radius 2 is 1.95 bits per heavy atom. The normalized spacial score (nSPS) is 24.9. The van der Waals surface area contributed by atoms with E-state index in [1.807, 2.05) is 0 Å². The largest absolute Gasteiger partial charge is 0.388 e. The predicted octanol–water partition coefficient (Wildman–Crippen LogP) is 3.70. The molecule has 1 aromatic rings. The summed E-state index contributed by atoms with van der Waals surface area (Å²) < 4.78 is 0. The summed E-state index contributed by atoms with van der Waals surface area (Å²) in [5, 5.41) is 13.9. The summed E-state index contributed by atoms with van der Waals surface area (Å²) in [6.45, 7) is 7.87. The van der Waals surface area contributed by atoms with E-state index in [0.29, 0.717) is 12.0 Å². The summed E-state index contributed by atoms with van der Waals surface area (Å²) >= 11 is 0. The Morgan fingerprint density at radius 3 is 2.55 bits per heavy atom.